The van der Waals surface area contributed by atoms with Gasteiger partial charge in [-0.3, -0.25) is 4.79 Å². The summed E-state index contributed by atoms with van der Waals surface area (Å²) in [5.41, 5.74) is 2.72. The van der Waals surface area contributed by atoms with Crippen molar-refractivity contribution >= 4 is 17.5 Å². The number of hydrogen-bond donors (Lipinski definition) is 0. The molecule has 0 bridgehead atoms. The number of hydrogen-bond acceptors (Lipinski definition) is 5. The molecule has 2 unspecified atom stereocenters. The SMILES string of the molecule is C=CCOc1ccc(C2C(=O)OC3=CC4=C(c5ccccc5)C(=O)OC4=CC32)cc1. The van der Waals surface area contributed by atoms with E-state index in [0.717, 1.165) is 11.1 Å². The quantitative estimate of drug-likeness (QED) is 0.555. The molecular formula is C25H18O5. The van der Waals surface area contributed by atoms with E-state index >= 15 is 0 Å². The van der Waals surface area contributed by atoms with E-state index in [0.29, 0.717) is 35.0 Å². The lowest BCUT2D eigenvalue weighted by Gasteiger charge is -2.17. The van der Waals surface area contributed by atoms with Crippen LogP contribution in [0, 0.1) is 5.92 Å². The molecule has 0 aromatic heterocycles. The Bertz CT molecular complexity index is 1140. The lowest BCUT2D eigenvalue weighted by atomic mass is 9.82. The zero-order valence-corrected chi connectivity index (χ0v) is 16.0. The molecular weight excluding hydrogens is 380 g/mol. The van der Waals surface area contributed by atoms with Crippen molar-refractivity contribution in [2.45, 2.75) is 5.92 Å². The van der Waals surface area contributed by atoms with Crippen LogP contribution in [-0.2, 0) is 19.1 Å². The molecule has 148 valence electrons. The molecule has 1 aliphatic carbocycles. The minimum Gasteiger partial charge on any atom is -0.490 e. The zero-order valence-electron chi connectivity index (χ0n) is 16.0. The highest BCUT2D eigenvalue weighted by atomic mass is 16.6. The molecule has 0 saturated carbocycles. The van der Waals surface area contributed by atoms with Gasteiger partial charge in [0.1, 0.15) is 23.9 Å². The molecule has 2 heterocycles. The van der Waals surface area contributed by atoms with Gasteiger partial charge in [0, 0.05) is 5.57 Å². The number of rotatable bonds is 5. The third kappa shape index (κ3) is 2.95. The first-order valence-electron chi connectivity index (χ1n) is 9.66. The summed E-state index contributed by atoms with van der Waals surface area (Å²) < 4.78 is 16.6. The molecule has 5 heteroatoms. The number of carbonyl (C=O) groups excluding carboxylic acids is 2. The van der Waals surface area contributed by atoms with Gasteiger partial charge in [-0.15, -0.1) is 0 Å². The molecule has 0 amide bonds. The highest BCUT2D eigenvalue weighted by molar-refractivity contribution is 6.22. The van der Waals surface area contributed by atoms with Crippen molar-refractivity contribution in [3.8, 4) is 5.75 Å². The molecule has 2 atom stereocenters. The minimum absolute atomic E-state index is 0.320. The van der Waals surface area contributed by atoms with Gasteiger partial charge in [-0.2, -0.15) is 0 Å². The number of esters is 2. The Balaban J connectivity index is 1.50. The second-order valence-electron chi connectivity index (χ2n) is 7.22. The van der Waals surface area contributed by atoms with E-state index in [-0.39, 0.29) is 11.9 Å². The Morgan fingerprint density at radius 1 is 1.00 bits per heavy atom. The fourth-order valence-electron chi connectivity index (χ4n) is 4.02. The first-order valence-corrected chi connectivity index (χ1v) is 9.66. The van der Waals surface area contributed by atoms with Crippen molar-refractivity contribution in [3.63, 3.8) is 0 Å². The summed E-state index contributed by atoms with van der Waals surface area (Å²) in [6.07, 6.45) is 5.24. The highest BCUT2D eigenvalue weighted by Crippen LogP contribution is 2.47. The fraction of sp³-hybridized carbons (Fsp3) is 0.120. The van der Waals surface area contributed by atoms with Gasteiger partial charge in [0.15, 0.2) is 0 Å². The van der Waals surface area contributed by atoms with Crippen LogP contribution in [-0.4, -0.2) is 18.5 Å². The molecule has 3 aliphatic rings. The molecule has 1 saturated heterocycles. The zero-order chi connectivity index (χ0) is 20.7. The third-order valence-electron chi connectivity index (χ3n) is 5.39. The summed E-state index contributed by atoms with van der Waals surface area (Å²) in [7, 11) is 0. The smallest absolute Gasteiger partial charge is 0.344 e. The molecule has 5 nitrogen and oxygen atoms in total. The number of carbonyl (C=O) groups is 2. The van der Waals surface area contributed by atoms with Crippen LogP contribution in [0.25, 0.3) is 5.57 Å². The average Bonchev–Trinajstić information content (AvgIpc) is 3.25. The van der Waals surface area contributed by atoms with Crippen molar-refractivity contribution in [1.82, 2.24) is 0 Å². The molecule has 2 aromatic rings. The number of ether oxygens (including phenoxy) is 3. The normalized spacial score (nSPS) is 21.9. The van der Waals surface area contributed by atoms with Gasteiger partial charge in [0.25, 0.3) is 0 Å². The van der Waals surface area contributed by atoms with Crippen molar-refractivity contribution in [3.05, 3.63) is 108 Å². The van der Waals surface area contributed by atoms with Crippen LogP contribution in [0.3, 0.4) is 0 Å². The topological polar surface area (TPSA) is 61.8 Å². The summed E-state index contributed by atoms with van der Waals surface area (Å²) in [5.74, 6) is 0.161. The summed E-state index contributed by atoms with van der Waals surface area (Å²) in [6.45, 7) is 4.04. The first kappa shape index (κ1) is 18.2. The summed E-state index contributed by atoms with van der Waals surface area (Å²) in [6, 6.07) is 16.7. The lowest BCUT2D eigenvalue weighted by molar-refractivity contribution is -0.137. The summed E-state index contributed by atoms with van der Waals surface area (Å²) in [5, 5.41) is 0. The van der Waals surface area contributed by atoms with Gasteiger partial charge in [-0.05, 0) is 35.4 Å². The molecule has 5 rings (SSSR count). The Kier molecular flexibility index (Phi) is 4.36. The van der Waals surface area contributed by atoms with Gasteiger partial charge < -0.3 is 14.2 Å². The van der Waals surface area contributed by atoms with Gasteiger partial charge in [0.05, 0.1) is 17.4 Å². The molecule has 0 N–H and O–H groups in total. The van der Waals surface area contributed by atoms with Crippen LogP contribution in [0.15, 0.2) is 96.5 Å². The predicted octanol–water partition coefficient (Wildman–Crippen LogP) is 4.30. The largest absolute Gasteiger partial charge is 0.490 e. The summed E-state index contributed by atoms with van der Waals surface area (Å²) in [4.78, 5) is 25.2. The average molecular weight is 398 g/mol. The van der Waals surface area contributed by atoms with E-state index in [1.165, 1.54) is 0 Å². The molecule has 2 aliphatic heterocycles. The Morgan fingerprint density at radius 3 is 2.50 bits per heavy atom. The van der Waals surface area contributed by atoms with E-state index in [4.69, 9.17) is 14.2 Å². The standard InChI is InChI=1S/C25H18O5/c1-2-12-28-17-10-8-16(9-11-17)23-19-14-20-18(13-21(19)30-25(23)27)22(24(26)29-20)15-6-4-3-5-7-15/h2-11,13-14,19,23H,1,12H2. The predicted molar refractivity (Wildman–Crippen MR) is 110 cm³/mol. The van der Waals surface area contributed by atoms with Crippen LogP contribution >= 0.6 is 0 Å². The molecule has 0 radical (unpaired) electrons. The maximum atomic E-state index is 12.7. The maximum absolute atomic E-state index is 12.7. The lowest BCUT2D eigenvalue weighted by Crippen LogP contribution is -2.14. The van der Waals surface area contributed by atoms with Crippen LogP contribution in [0.4, 0.5) is 0 Å². The van der Waals surface area contributed by atoms with Crippen LogP contribution < -0.4 is 4.74 Å². The van der Waals surface area contributed by atoms with Crippen LogP contribution in [0.5, 0.6) is 5.75 Å². The van der Waals surface area contributed by atoms with E-state index in [9.17, 15) is 9.59 Å². The molecule has 30 heavy (non-hydrogen) atoms. The van der Waals surface area contributed by atoms with Gasteiger partial charge >= 0.3 is 11.9 Å². The molecule has 0 spiro atoms. The fourth-order valence-corrected chi connectivity index (χ4v) is 4.02. The van der Waals surface area contributed by atoms with Gasteiger partial charge in [-0.1, -0.05) is 55.1 Å². The Hall–Kier alpha value is -3.86. The van der Waals surface area contributed by atoms with Crippen LogP contribution in [0.2, 0.25) is 0 Å². The Labute approximate surface area is 173 Å². The van der Waals surface area contributed by atoms with E-state index in [2.05, 4.69) is 6.58 Å². The van der Waals surface area contributed by atoms with Crippen molar-refractivity contribution < 1.29 is 23.8 Å². The van der Waals surface area contributed by atoms with Crippen LogP contribution in [0.1, 0.15) is 17.0 Å². The third-order valence-corrected chi connectivity index (χ3v) is 5.39. The second kappa shape index (κ2) is 7.19. The highest BCUT2D eigenvalue weighted by Gasteiger charge is 2.45. The van der Waals surface area contributed by atoms with Crippen molar-refractivity contribution in [1.29, 1.82) is 0 Å². The van der Waals surface area contributed by atoms with E-state index in [1.807, 2.05) is 60.7 Å². The first-order chi connectivity index (χ1) is 14.7. The monoisotopic (exact) mass is 398 g/mol. The summed E-state index contributed by atoms with van der Waals surface area (Å²) >= 11 is 0. The van der Waals surface area contributed by atoms with Crippen molar-refractivity contribution in [2.24, 2.45) is 5.92 Å². The second-order valence-corrected chi connectivity index (χ2v) is 7.22. The molecule has 1 fully saturated rings. The van der Waals surface area contributed by atoms with Gasteiger partial charge in [0.2, 0.25) is 0 Å². The minimum atomic E-state index is -0.502. The number of benzene rings is 2. The van der Waals surface area contributed by atoms with Gasteiger partial charge in [-0.25, -0.2) is 4.79 Å². The maximum Gasteiger partial charge on any atom is 0.344 e. The molecule has 2 aromatic carbocycles. The van der Waals surface area contributed by atoms with Crippen molar-refractivity contribution in [2.75, 3.05) is 6.61 Å². The number of allylic oxidation sites excluding steroid dienone is 2. The van der Waals surface area contributed by atoms with E-state index < -0.39 is 11.9 Å². The number of fused-ring (bicyclic) bond motifs is 2. The Morgan fingerprint density at radius 2 is 1.77 bits per heavy atom. The van der Waals surface area contributed by atoms with E-state index in [1.54, 1.807) is 12.2 Å².